The van der Waals surface area contributed by atoms with Crippen molar-refractivity contribution in [3.63, 3.8) is 0 Å². The molecule has 2 aromatic rings. The van der Waals surface area contributed by atoms with E-state index < -0.39 is 82.9 Å². The quantitative estimate of drug-likeness (QED) is 0.0556. The lowest BCUT2D eigenvalue weighted by Crippen LogP contribution is -2.62. The predicted molar refractivity (Wildman–Crippen MR) is 290 cm³/mol. The normalized spacial score (nSPS) is 22.6. The van der Waals surface area contributed by atoms with Gasteiger partial charge in [0, 0.05) is 43.8 Å². The highest BCUT2D eigenvalue weighted by molar-refractivity contribution is 6.25. The molecule has 23 nitrogen and oxygen atoms in total. The van der Waals surface area contributed by atoms with Gasteiger partial charge in [-0.3, -0.25) is 58.2 Å². The Bertz CT molecular complexity index is 2650. The monoisotopic (exact) mass is 1110 g/mol. The molecule has 2 saturated heterocycles. The third kappa shape index (κ3) is 14.2. The van der Waals surface area contributed by atoms with Crippen molar-refractivity contribution in [2.75, 3.05) is 51.4 Å². The Labute approximate surface area is 466 Å². The molecule has 3 aliphatic carbocycles. The van der Waals surface area contributed by atoms with Crippen molar-refractivity contribution in [2.24, 2.45) is 29.1 Å². The lowest BCUT2D eigenvalue weighted by Gasteiger charge is -2.38. The average Bonchev–Trinajstić information content (AvgIpc) is 4.00. The number of likely N-dealkylation sites (tertiary alicyclic amines) is 1. The number of piperidine rings is 1. The van der Waals surface area contributed by atoms with Crippen LogP contribution in [0.25, 0.3) is 0 Å². The number of amides is 10. The van der Waals surface area contributed by atoms with Crippen LogP contribution in [0.2, 0.25) is 0 Å². The van der Waals surface area contributed by atoms with Crippen LogP contribution < -0.4 is 37.2 Å². The van der Waals surface area contributed by atoms with Gasteiger partial charge in [0.15, 0.2) is 0 Å². The van der Waals surface area contributed by atoms with Gasteiger partial charge in [0.25, 0.3) is 23.6 Å². The molecule has 0 radical (unpaired) electrons. The number of imide groups is 2. The highest BCUT2D eigenvalue weighted by Crippen LogP contribution is 2.43. The lowest BCUT2D eigenvalue weighted by atomic mass is 9.82. The van der Waals surface area contributed by atoms with Gasteiger partial charge in [0.1, 0.15) is 35.6 Å². The third-order valence-electron chi connectivity index (χ3n) is 16.5. The number of fused-ring (bicyclic) bond motifs is 2. The van der Waals surface area contributed by atoms with Crippen LogP contribution in [0, 0.1) is 29.1 Å². The number of carbonyl (C=O) groups excluding carboxylic acids is 10. The highest BCUT2D eigenvalue weighted by atomic mass is 16.5. The van der Waals surface area contributed by atoms with E-state index in [-0.39, 0.29) is 110 Å². The predicted octanol–water partition coefficient (Wildman–Crippen LogP) is 2.79. The fourth-order valence-corrected chi connectivity index (χ4v) is 11.9. The van der Waals surface area contributed by atoms with Crippen molar-refractivity contribution in [3.8, 4) is 0 Å². The number of aromatic nitrogens is 2. The molecule has 6 aliphatic rings. The molecule has 1 aromatic heterocycles. The molecule has 434 valence electrons. The fourth-order valence-electron chi connectivity index (χ4n) is 11.9. The largest absolute Gasteiger partial charge is 0.382 e. The summed E-state index contributed by atoms with van der Waals surface area (Å²) in [7, 11) is 0. The van der Waals surface area contributed by atoms with Crippen LogP contribution in [0.3, 0.4) is 0 Å². The van der Waals surface area contributed by atoms with Crippen LogP contribution >= 0.6 is 0 Å². The van der Waals surface area contributed by atoms with Crippen LogP contribution in [0.1, 0.15) is 166 Å². The molecular formula is C57H79N11O12. The second kappa shape index (κ2) is 26.6. The zero-order valence-electron chi connectivity index (χ0n) is 46.7. The molecule has 4 heterocycles. The zero-order chi connectivity index (χ0) is 57.3. The Kier molecular flexibility index (Phi) is 19.7. The number of hydrogen-bond donors (Lipinski definition) is 7. The van der Waals surface area contributed by atoms with Crippen molar-refractivity contribution in [1.82, 2.24) is 51.7 Å². The number of benzene rings is 1. The maximum Gasteiger partial charge on any atom is 0.272 e. The summed E-state index contributed by atoms with van der Waals surface area (Å²) in [5.74, 6) is -5.38. The van der Waals surface area contributed by atoms with E-state index in [0.717, 1.165) is 62.7 Å². The number of nitrogens with one attached hydrogen (secondary N) is 7. The van der Waals surface area contributed by atoms with E-state index in [9.17, 15) is 47.9 Å². The molecule has 8 rings (SSSR count). The number of rotatable bonds is 25. The Morgan fingerprint density at radius 3 is 2.14 bits per heavy atom. The second-order valence-corrected chi connectivity index (χ2v) is 23.3. The van der Waals surface area contributed by atoms with Gasteiger partial charge in [-0.15, -0.1) is 0 Å². The second-order valence-electron chi connectivity index (χ2n) is 23.3. The molecule has 1 aromatic carbocycles. The number of carbonyl (C=O) groups is 10. The number of ether oxygens (including phenoxy) is 2. The van der Waals surface area contributed by atoms with Gasteiger partial charge >= 0.3 is 0 Å². The first-order valence-electron chi connectivity index (χ1n) is 28.7. The van der Waals surface area contributed by atoms with E-state index in [1.165, 1.54) is 18.5 Å². The van der Waals surface area contributed by atoms with E-state index in [2.05, 4.69) is 47.2 Å². The van der Waals surface area contributed by atoms with Crippen LogP contribution in [-0.2, 0) is 38.2 Å². The van der Waals surface area contributed by atoms with E-state index in [1.807, 2.05) is 34.6 Å². The molecule has 80 heavy (non-hydrogen) atoms. The van der Waals surface area contributed by atoms with E-state index in [4.69, 9.17) is 9.47 Å². The van der Waals surface area contributed by atoms with E-state index in [0.29, 0.717) is 38.0 Å². The van der Waals surface area contributed by atoms with Crippen molar-refractivity contribution in [2.45, 2.75) is 161 Å². The van der Waals surface area contributed by atoms with Crippen LogP contribution in [-0.4, -0.2) is 161 Å². The summed E-state index contributed by atoms with van der Waals surface area (Å²) in [5.41, 5.74) is -0.208. The van der Waals surface area contributed by atoms with Gasteiger partial charge in [0.2, 0.25) is 35.4 Å². The molecule has 8 atom stereocenters. The highest BCUT2D eigenvalue weighted by Gasteiger charge is 2.53. The first kappa shape index (κ1) is 59.2. The molecule has 3 aliphatic heterocycles. The minimum Gasteiger partial charge on any atom is -0.382 e. The maximum atomic E-state index is 15.0. The summed E-state index contributed by atoms with van der Waals surface area (Å²) in [6, 6.07) is 0.711. The first-order chi connectivity index (χ1) is 38.4. The smallest absolute Gasteiger partial charge is 0.272 e. The summed E-state index contributed by atoms with van der Waals surface area (Å²) in [5, 5.41) is 20.2. The minimum atomic E-state index is -1.07. The van der Waals surface area contributed by atoms with Crippen molar-refractivity contribution < 1.29 is 57.4 Å². The molecule has 10 amide bonds. The Balaban J connectivity index is 0.793. The van der Waals surface area contributed by atoms with Gasteiger partial charge in [-0.05, 0) is 86.7 Å². The molecule has 7 N–H and O–H groups in total. The SMILES string of the molecule is CCC[C@H](NC(=O)[C@@H]1C2CCC[C@H]2CN1C(=O)[C@@H](NC(=O)[C@@H](NC(=O)c1cnc(C(=O)NCCOCCOCCNc2cccc3c2C(=O)N(C2CCC(=O)NC2=O)C3=O)cn1)C1CCCCC1)C(C)(C)C)C(C)C(=O)NC1CC1. The van der Waals surface area contributed by atoms with Gasteiger partial charge in [-0.1, -0.05) is 72.8 Å². The van der Waals surface area contributed by atoms with E-state index >= 15 is 0 Å². The summed E-state index contributed by atoms with van der Waals surface area (Å²) >= 11 is 0. The fraction of sp³-hybridized carbons (Fsp3) is 0.649. The van der Waals surface area contributed by atoms with Crippen molar-refractivity contribution in [1.29, 1.82) is 0 Å². The topological polar surface area (TPSA) is 306 Å². The molecule has 5 fully saturated rings. The van der Waals surface area contributed by atoms with Crippen LogP contribution in [0.15, 0.2) is 30.6 Å². The Morgan fingerprint density at radius 2 is 1.48 bits per heavy atom. The van der Waals surface area contributed by atoms with Crippen molar-refractivity contribution >= 4 is 64.8 Å². The average molecular weight is 1110 g/mol. The third-order valence-corrected chi connectivity index (χ3v) is 16.5. The van der Waals surface area contributed by atoms with Crippen LogP contribution in [0.5, 0.6) is 0 Å². The van der Waals surface area contributed by atoms with E-state index in [1.54, 1.807) is 17.0 Å². The number of nitrogens with zero attached hydrogens (tertiary/aromatic N) is 4. The summed E-state index contributed by atoms with van der Waals surface area (Å²) in [6.45, 7) is 11.1. The standard InChI is InChI=1S/C57H79N11O12/c1-6-12-38(32(2)48(70)62-35-19-20-35)63-53(75)46-36-16-10-15-34(36)31-67(46)56(78)47(57(3,4)5)66-52(74)45(33-13-8-7-9-14-33)65-50(72)41-30-60-40(29-61-41)49(71)59-24-26-80-28-27-79-25-23-58-39-18-11-17-37-44(39)55(77)68(54(37)76)42-21-22-43(69)64-51(42)73/h11,17-18,29-30,32-36,38,42,45-47,58H,6-10,12-16,19-28,31H2,1-5H3,(H,59,71)(H,62,70)(H,63,75)(H,65,72)(H,66,74)(H,64,69,73)/t32?,34-,36?,38-,42?,45-,46-,47+/m0/s1. The Morgan fingerprint density at radius 1 is 0.775 bits per heavy atom. The molecule has 23 heteroatoms. The molecule has 0 spiro atoms. The first-order valence-corrected chi connectivity index (χ1v) is 28.7. The van der Waals surface area contributed by atoms with Crippen molar-refractivity contribution in [3.05, 3.63) is 53.1 Å². The summed E-state index contributed by atoms with van der Waals surface area (Å²) in [6.07, 6.45) is 12.4. The Hall–Kier alpha value is -6.88. The molecule has 3 unspecified atom stereocenters. The maximum absolute atomic E-state index is 15.0. The van der Waals surface area contributed by atoms with Gasteiger partial charge < -0.3 is 46.3 Å². The van der Waals surface area contributed by atoms with Gasteiger partial charge in [0.05, 0.1) is 55.9 Å². The summed E-state index contributed by atoms with van der Waals surface area (Å²) < 4.78 is 11.2. The zero-order valence-corrected chi connectivity index (χ0v) is 46.7. The lowest BCUT2D eigenvalue weighted by molar-refractivity contribution is -0.145. The summed E-state index contributed by atoms with van der Waals surface area (Å²) in [4.78, 5) is 145. The number of hydrogen-bond acceptors (Lipinski definition) is 15. The van der Waals surface area contributed by atoms with Crippen LogP contribution in [0.4, 0.5) is 5.69 Å². The van der Waals surface area contributed by atoms with Gasteiger partial charge in [-0.25, -0.2) is 9.97 Å². The number of anilines is 1. The molecule has 3 saturated carbocycles. The molecule has 0 bridgehead atoms. The van der Waals surface area contributed by atoms with Gasteiger partial charge in [-0.2, -0.15) is 0 Å². The minimum absolute atomic E-state index is 0.0245. The molecular weight excluding hydrogens is 1030 g/mol.